The number of hydrogen-bond donors (Lipinski definition) is 16. The predicted octanol–water partition coefficient (Wildman–Crippen LogP) is -3.49. The Hall–Kier alpha value is -11.4. The third-order valence-electron chi connectivity index (χ3n) is 13.7. The van der Waals surface area contributed by atoms with Crippen LogP contribution in [0.2, 0.25) is 0 Å². The molecule has 0 aliphatic carbocycles. The Labute approximate surface area is 537 Å². The van der Waals surface area contributed by atoms with Gasteiger partial charge in [0.1, 0.15) is 71.4 Å². The zero-order valence-corrected chi connectivity index (χ0v) is 51.7. The Bertz CT molecular complexity index is 3480. The molecule has 0 radical (unpaired) electrons. The highest BCUT2D eigenvalue weighted by Gasteiger charge is 2.37. The van der Waals surface area contributed by atoms with Gasteiger partial charge in [-0.2, -0.15) is 0 Å². The number of aliphatic hydroxyl groups is 1. The van der Waals surface area contributed by atoms with Gasteiger partial charge in [-0.3, -0.25) is 82.6 Å². The summed E-state index contributed by atoms with van der Waals surface area (Å²) in [5.74, 6) is -19.7. The maximum Gasteiger partial charge on any atom is 0.336 e. The van der Waals surface area contributed by atoms with E-state index in [1.807, 2.05) is 5.32 Å². The minimum atomic E-state index is -2.07. The molecule has 39 nitrogen and oxygen atoms in total. The number of anilines is 1. The van der Waals surface area contributed by atoms with Crippen LogP contribution in [0.25, 0.3) is 11.0 Å². The lowest BCUT2D eigenvalue weighted by Gasteiger charge is -2.29. The van der Waals surface area contributed by atoms with Crippen molar-refractivity contribution in [1.82, 2.24) is 47.9 Å². The van der Waals surface area contributed by atoms with Gasteiger partial charge < -0.3 is 93.6 Å². The van der Waals surface area contributed by atoms with E-state index in [0.29, 0.717) is 17.2 Å². The van der Waals surface area contributed by atoms with E-state index in [4.69, 9.17) is 14.9 Å². The van der Waals surface area contributed by atoms with Crippen LogP contribution in [0.3, 0.4) is 0 Å². The van der Waals surface area contributed by atoms with Crippen molar-refractivity contribution >= 4 is 111 Å². The largest absolute Gasteiger partial charge is 0.497 e. The molecule has 3 rings (SSSR count). The number of carbonyl (C=O) groups is 14. The number of primary amides is 1. The second-order valence-electron chi connectivity index (χ2n) is 22.0. The fourth-order valence-corrected chi connectivity index (χ4v) is 8.83. The van der Waals surface area contributed by atoms with Crippen molar-refractivity contribution in [3.05, 3.63) is 78.7 Å². The van der Waals surface area contributed by atoms with Crippen LogP contribution in [0.5, 0.6) is 5.75 Å². The first kappa shape index (κ1) is 77.8. The molecule has 17 N–H and O–H groups in total. The number of ether oxygens (including phenoxy) is 1. The number of carboxylic acid groups (broad SMARTS) is 4. The molecule has 9 atom stereocenters. The fraction of sp³-hybridized carbons (Fsp3) is 0.482. The number of carboxylic acids is 4. The minimum Gasteiger partial charge on any atom is -0.497 e. The number of hydrogen-bond acceptors (Lipinski definition) is 23. The highest BCUT2D eigenvalue weighted by molar-refractivity contribution is 6.00. The number of nitro benzene ring substituents is 2. The maximum absolute atomic E-state index is 14.0. The molecule has 0 saturated heterocycles. The van der Waals surface area contributed by atoms with Crippen molar-refractivity contribution in [3.8, 4) is 5.75 Å². The molecule has 10 amide bonds. The van der Waals surface area contributed by atoms with Crippen molar-refractivity contribution in [2.75, 3.05) is 25.6 Å². The van der Waals surface area contributed by atoms with E-state index in [9.17, 15) is 118 Å². The van der Waals surface area contributed by atoms with Crippen LogP contribution in [0, 0.1) is 32.1 Å². The molecule has 518 valence electrons. The average Bonchev–Trinajstić information content (AvgIpc) is 0.976. The number of benzene rings is 2. The minimum absolute atomic E-state index is 0.0650. The number of non-ortho nitro benzene ring substituents is 1. The third kappa shape index (κ3) is 25.3. The second kappa shape index (κ2) is 36.6. The normalized spacial score (nSPS) is 13.8. The number of fused-ring (bicyclic) bond motifs is 1. The smallest absolute Gasteiger partial charge is 0.336 e. The maximum atomic E-state index is 14.0. The van der Waals surface area contributed by atoms with Crippen LogP contribution >= 0.6 is 0 Å². The lowest BCUT2D eigenvalue weighted by Crippen LogP contribution is -2.61. The Morgan fingerprint density at radius 3 is 1.62 bits per heavy atom. The molecule has 95 heavy (non-hydrogen) atoms. The summed E-state index contributed by atoms with van der Waals surface area (Å²) in [7, 11) is 1.37. The second-order valence-corrected chi connectivity index (χ2v) is 22.0. The molecular formula is C56H73N13O26. The number of carbonyl (C=O) groups excluding carboxylic acids is 10. The number of aliphatic hydroxyl groups excluding tert-OH is 1. The van der Waals surface area contributed by atoms with Gasteiger partial charge in [0.05, 0.1) is 48.9 Å². The summed E-state index contributed by atoms with van der Waals surface area (Å²) in [4.78, 5) is 216. The lowest BCUT2D eigenvalue weighted by molar-refractivity contribution is -0.393. The van der Waals surface area contributed by atoms with Crippen LogP contribution in [0.15, 0.2) is 51.7 Å². The van der Waals surface area contributed by atoms with Crippen LogP contribution in [-0.4, -0.2) is 193 Å². The monoisotopic (exact) mass is 1340 g/mol. The van der Waals surface area contributed by atoms with Crippen LogP contribution < -0.4 is 69.3 Å². The first-order chi connectivity index (χ1) is 44.4. The molecular weight excluding hydrogens is 1270 g/mol. The van der Waals surface area contributed by atoms with Crippen molar-refractivity contribution in [2.24, 2.45) is 17.6 Å². The predicted molar refractivity (Wildman–Crippen MR) is 323 cm³/mol. The van der Waals surface area contributed by atoms with E-state index in [1.54, 1.807) is 13.8 Å². The van der Waals surface area contributed by atoms with Crippen LogP contribution in [0.4, 0.5) is 17.1 Å². The number of methoxy groups -OCH3 is 1. The summed E-state index contributed by atoms with van der Waals surface area (Å²) in [6, 6.07) is -8.82. The van der Waals surface area contributed by atoms with Gasteiger partial charge >= 0.3 is 29.5 Å². The Morgan fingerprint density at radius 1 is 0.579 bits per heavy atom. The highest BCUT2D eigenvalue weighted by atomic mass is 16.6. The Kier molecular flexibility index (Phi) is 30.0. The van der Waals surface area contributed by atoms with Gasteiger partial charge in [-0.1, -0.05) is 27.7 Å². The molecule has 39 heteroatoms. The standard InChI is InChI=1S/C56H73N13O26/c1-24(2)15-34(52(84)64-36(21-45(77)78)51(83)59-26(5)48(80)61-32(11-13-43(73)74)49(81)66-37(56(88)89)22-58-31-10-7-28(68(90)91)18-39(31)69(92)93)63-53(85)35(20-41(57)71)65-55(87)47(25(3)4)67-50(82)33(12-14-44(75)76)62-54(86)38(23-70)60-42(72)16-27-17-46(79)95-40-19-29(94-6)8-9-30(27)40/h7-10,17-19,24-26,32-38,47,58,70H,11-16,20-23H2,1-6H3,(H2,57,71)(H,59,83)(H,60,72)(H,61,80)(H,62,86)(H,63,85)(H,64,84)(H,65,87)(H,66,81)(H,67,82)(H,73,74)(H,75,76)(H,77,78)(H,88,89)/t26-,32-,33-,34-,35-,36-,37-,38-,47-/m0/s1. The van der Waals surface area contributed by atoms with Crippen molar-refractivity contribution in [2.45, 2.75) is 140 Å². The molecule has 1 heterocycles. The molecule has 0 aliphatic heterocycles. The van der Waals surface area contributed by atoms with E-state index < -0.39 is 240 Å². The SMILES string of the molecule is COc1ccc2c(CC(=O)N[C@@H](CO)C(=O)N[C@@H](CCC(=O)O)C(=O)N[C@H](C(=O)N[C@@H](CC(N)=O)C(=O)N[C@@H](CC(C)C)C(=O)N[C@@H](CC(=O)O)C(=O)N[C@@H](C)C(=O)N[C@@H](CCC(=O)O)C(=O)N[C@@H](CNc3ccc([N+](=O)[O-])cc3[N+](=O)[O-])C(=O)O)C(C)C)cc(=O)oc2c1. The van der Waals surface area contributed by atoms with Gasteiger partial charge in [0.15, 0.2) is 0 Å². The third-order valence-corrected chi connectivity index (χ3v) is 13.7. The van der Waals surface area contributed by atoms with Gasteiger partial charge in [-0.15, -0.1) is 0 Å². The molecule has 0 unspecified atom stereocenters. The first-order valence-electron chi connectivity index (χ1n) is 28.7. The molecule has 3 aromatic rings. The number of rotatable bonds is 40. The number of nitrogens with two attached hydrogens (primary N) is 1. The van der Waals surface area contributed by atoms with Gasteiger partial charge in [0.2, 0.25) is 59.1 Å². The number of amides is 10. The van der Waals surface area contributed by atoms with Gasteiger partial charge in [-0.05, 0) is 61.8 Å². The first-order valence-corrected chi connectivity index (χ1v) is 28.7. The Balaban J connectivity index is 1.79. The summed E-state index contributed by atoms with van der Waals surface area (Å²) in [6.45, 7) is 5.04. The lowest BCUT2D eigenvalue weighted by atomic mass is 10.00. The topological polar surface area (TPSA) is 612 Å². The van der Waals surface area contributed by atoms with Crippen molar-refractivity contribution in [1.29, 1.82) is 0 Å². The number of nitro groups is 2. The molecule has 1 aromatic heterocycles. The summed E-state index contributed by atoms with van der Waals surface area (Å²) in [6.07, 6.45) is -5.92. The quantitative estimate of drug-likeness (QED) is 0.0149. The highest BCUT2D eigenvalue weighted by Crippen LogP contribution is 2.29. The molecule has 0 aliphatic rings. The molecule has 2 aromatic carbocycles. The number of nitrogens with one attached hydrogen (secondary N) is 10. The molecule has 0 fully saturated rings. The molecule has 0 spiro atoms. The number of nitrogens with zero attached hydrogens (tertiary/aromatic N) is 2. The van der Waals surface area contributed by atoms with E-state index in [2.05, 4.69) is 47.9 Å². The zero-order chi connectivity index (χ0) is 71.7. The summed E-state index contributed by atoms with van der Waals surface area (Å²) in [5.41, 5.74) is 2.89. The fourth-order valence-electron chi connectivity index (χ4n) is 8.83. The molecule has 0 saturated carbocycles. The van der Waals surface area contributed by atoms with Gasteiger partial charge in [0, 0.05) is 43.0 Å². The Morgan fingerprint density at radius 2 is 1.09 bits per heavy atom. The van der Waals surface area contributed by atoms with Crippen molar-refractivity contribution in [3.63, 3.8) is 0 Å². The molecule has 0 bridgehead atoms. The van der Waals surface area contributed by atoms with Crippen LogP contribution in [0.1, 0.15) is 85.1 Å². The summed E-state index contributed by atoms with van der Waals surface area (Å²) < 4.78 is 10.3. The van der Waals surface area contributed by atoms with E-state index >= 15 is 0 Å². The van der Waals surface area contributed by atoms with E-state index in [1.165, 1.54) is 39.2 Å². The van der Waals surface area contributed by atoms with E-state index in [-0.39, 0.29) is 17.6 Å². The summed E-state index contributed by atoms with van der Waals surface area (Å²) >= 11 is 0. The van der Waals surface area contributed by atoms with Gasteiger partial charge in [0.25, 0.3) is 11.4 Å². The van der Waals surface area contributed by atoms with E-state index in [0.717, 1.165) is 25.1 Å². The van der Waals surface area contributed by atoms with Crippen molar-refractivity contribution < 1.29 is 112 Å². The van der Waals surface area contributed by atoms with Gasteiger partial charge in [-0.25, -0.2) is 9.59 Å². The summed E-state index contributed by atoms with van der Waals surface area (Å²) in [5, 5.41) is 93.9. The zero-order valence-electron chi connectivity index (χ0n) is 51.7. The van der Waals surface area contributed by atoms with Crippen LogP contribution in [-0.2, 0) is 73.5 Å². The number of aliphatic carboxylic acids is 4. The average molecular weight is 1340 g/mol.